The number of rotatable bonds is 7. The summed E-state index contributed by atoms with van der Waals surface area (Å²) in [6, 6.07) is 16.6. The molecule has 7 heteroatoms. The molecule has 2 heterocycles. The number of carbonyl (C=O) groups is 2. The average Bonchev–Trinajstić information content (AvgIpc) is 3.33. The third-order valence-corrected chi connectivity index (χ3v) is 5.56. The van der Waals surface area contributed by atoms with E-state index >= 15 is 0 Å². The molecule has 3 aromatic rings. The minimum absolute atomic E-state index is 0.0206. The molecular weight excluding hydrogens is 394 g/mol. The molecule has 0 radical (unpaired) electrons. The van der Waals surface area contributed by atoms with Crippen molar-refractivity contribution < 1.29 is 19.1 Å². The van der Waals surface area contributed by atoms with Gasteiger partial charge in [0.25, 0.3) is 0 Å². The van der Waals surface area contributed by atoms with E-state index in [1.807, 2.05) is 12.1 Å². The normalized spacial score (nSPS) is 13.8. The van der Waals surface area contributed by atoms with Crippen molar-refractivity contribution in [3.63, 3.8) is 0 Å². The molecule has 1 aliphatic heterocycles. The molecule has 1 aromatic heterocycles. The van der Waals surface area contributed by atoms with Crippen LogP contribution in [0.2, 0.25) is 0 Å². The van der Waals surface area contributed by atoms with Crippen LogP contribution in [0.25, 0.3) is 0 Å². The lowest BCUT2D eigenvalue weighted by Gasteiger charge is -2.38. The maximum absolute atomic E-state index is 12.3. The van der Waals surface area contributed by atoms with Crippen LogP contribution in [0.3, 0.4) is 0 Å². The molecule has 0 spiro atoms. The fourth-order valence-corrected chi connectivity index (χ4v) is 3.89. The quantitative estimate of drug-likeness (QED) is 0.562. The Morgan fingerprint density at radius 2 is 1.68 bits per heavy atom. The Labute approximate surface area is 180 Å². The molecule has 1 saturated heterocycles. The van der Waals surface area contributed by atoms with Crippen molar-refractivity contribution in [3.8, 4) is 0 Å². The van der Waals surface area contributed by atoms with E-state index in [2.05, 4.69) is 40.2 Å². The van der Waals surface area contributed by atoms with Gasteiger partial charge in [0, 0.05) is 31.9 Å². The predicted molar refractivity (Wildman–Crippen MR) is 121 cm³/mol. The number of anilines is 3. The average molecular weight is 419 g/mol. The highest BCUT2D eigenvalue weighted by Gasteiger charge is 2.22. The number of furan rings is 1. The molecule has 0 aliphatic carbocycles. The number of nitrogens with zero attached hydrogens (tertiary/aromatic N) is 2. The van der Waals surface area contributed by atoms with Crippen LogP contribution < -0.4 is 15.1 Å². The van der Waals surface area contributed by atoms with Crippen molar-refractivity contribution in [1.82, 2.24) is 0 Å². The van der Waals surface area contributed by atoms with Gasteiger partial charge in [0.15, 0.2) is 5.76 Å². The highest BCUT2D eigenvalue weighted by atomic mass is 16.4. The summed E-state index contributed by atoms with van der Waals surface area (Å²) < 4.78 is 5.16. The Hall–Kier alpha value is -3.74. The molecule has 4 rings (SSSR count). The first kappa shape index (κ1) is 20.5. The summed E-state index contributed by atoms with van der Waals surface area (Å²) >= 11 is 0. The summed E-state index contributed by atoms with van der Waals surface area (Å²) in [6.45, 7) is 5.44. The largest absolute Gasteiger partial charge is 0.478 e. The van der Waals surface area contributed by atoms with Crippen LogP contribution in [0.5, 0.6) is 0 Å². The van der Waals surface area contributed by atoms with E-state index in [0.717, 1.165) is 31.9 Å². The number of carboxylic acids is 1. The van der Waals surface area contributed by atoms with Gasteiger partial charge >= 0.3 is 5.97 Å². The minimum Gasteiger partial charge on any atom is -0.478 e. The van der Waals surface area contributed by atoms with Crippen LogP contribution in [0.4, 0.5) is 17.1 Å². The second-order valence-corrected chi connectivity index (χ2v) is 7.55. The molecule has 7 nitrogen and oxygen atoms in total. The first-order valence-electron chi connectivity index (χ1n) is 10.3. The van der Waals surface area contributed by atoms with Gasteiger partial charge in [-0.3, -0.25) is 4.79 Å². The summed E-state index contributed by atoms with van der Waals surface area (Å²) in [5.41, 5.74) is 4.19. The van der Waals surface area contributed by atoms with Gasteiger partial charge in [-0.25, -0.2) is 4.79 Å². The summed E-state index contributed by atoms with van der Waals surface area (Å²) in [5, 5.41) is 12.5. The Morgan fingerprint density at radius 3 is 2.32 bits per heavy atom. The van der Waals surface area contributed by atoms with Crippen molar-refractivity contribution >= 4 is 28.8 Å². The van der Waals surface area contributed by atoms with Gasteiger partial charge in [0.1, 0.15) is 0 Å². The van der Waals surface area contributed by atoms with E-state index in [1.165, 1.54) is 17.5 Å². The summed E-state index contributed by atoms with van der Waals surface area (Å²) in [7, 11) is 0. The van der Waals surface area contributed by atoms with E-state index < -0.39 is 5.97 Å². The van der Waals surface area contributed by atoms with E-state index in [9.17, 15) is 14.7 Å². The molecule has 2 N–H and O–H groups in total. The van der Waals surface area contributed by atoms with Gasteiger partial charge in [-0.05, 0) is 48.9 Å². The second kappa shape index (κ2) is 8.95. The topological polar surface area (TPSA) is 86.0 Å². The SMILES string of the molecule is Cc1ccccc1N1CCN(c2ccc(C(=O)O)cc2NCC(=O)c2ccco2)CC1. The number of piperazine rings is 1. The van der Waals surface area contributed by atoms with Crippen molar-refractivity contribution in [2.45, 2.75) is 6.92 Å². The summed E-state index contributed by atoms with van der Waals surface area (Å²) in [5.74, 6) is -0.923. The number of ketones is 1. The van der Waals surface area contributed by atoms with Gasteiger partial charge in [-0.1, -0.05) is 18.2 Å². The Bertz CT molecular complexity index is 1070. The van der Waals surface area contributed by atoms with Crippen LogP contribution in [-0.4, -0.2) is 49.6 Å². The Balaban J connectivity index is 1.50. The Kier molecular flexibility index (Phi) is 5.93. The lowest BCUT2D eigenvalue weighted by Crippen LogP contribution is -2.47. The van der Waals surface area contributed by atoms with Crippen molar-refractivity contribution in [3.05, 3.63) is 77.7 Å². The first-order chi connectivity index (χ1) is 15.0. The number of nitrogens with one attached hydrogen (secondary N) is 1. The number of para-hydroxylation sites is 1. The molecule has 0 amide bonds. The molecule has 1 aliphatic rings. The minimum atomic E-state index is -1.00. The Morgan fingerprint density at radius 1 is 0.968 bits per heavy atom. The number of hydrogen-bond donors (Lipinski definition) is 2. The molecule has 160 valence electrons. The molecule has 0 unspecified atom stereocenters. The van der Waals surface area contributed by atoms with Gasteiger partial charge in [-0.2, -0.15) is 0 Å². The van der Waals surface area contributed by atoms with Crippen LogP contribution in [0.1, 0.15) is 26.5 Å². The van der Waals surface area contributed by atoms with Gasteiger partial charge in [-0.15, -0.1) is 0 Å². The number of benzene rings is 2. The van der Waals surface area contributed by atoms with E-state index in [4.69, 9.17) is 4.42 Å². The zero-order valence-electron chi connectivity index (χ0n) is 17.4. The van der Waals surface area contributed by atoms with Crippen molar-refractivity contribution in [2.75, 3.05) is 47.8 Å². The maximum atomic E-state index is 12.3. The fraction of sp³-hybridized carbons (Fsp3) is 0.250. The van der Waals surface area contributed by atoms with E-state index in [0.29, 0.717) is 5.69 Å². The highest BCUT2D eigenvalue weighted by molar-refractivity contribution is 5.97. The molecule has 0 atom stereocenters. The molecule has 31 heavy (non-hydrogen) atoms. The highest BCUT2D eigenvalue weighted by Crippen LogP contribution is 2.30. The first-order valence-corrected chi connectivity index (χ1v) is 10.3. The lowest BCUT2D eigenvalue weighted by molar-refractivity contribution is 0.0696. The summed E-state index contributed by atoms with van der Waals surface area (Å²) in [6.07, 6.45) is 1.46. The fourth-order valence-electron chi connectivity index (χ4n) is 3.89. The number of aromatic carboxylic acids is 1. The van der Waals surface area contributed by atoms with E-state index in [1.54, 1.807) is 24.3 Å². The van der Waals surface area contributed by atoms with Crippen molar-refractivity contribution in [2.24, 2.45) is 0 Å². The summed E-state index contributed by atoms with van der Waals surface area (Å²) in [4.78, 5) is 28.4. The molecule has 2 aromatic carbocycles. The predicted octanol–water partition coefficient (Wildman–Crippen LogP) is 3.91. The number of carboxylic acid groups (broad SMARTS) is 1. The molecule has 0 saturated carbocycles. The third-order valence-electron chi connectivity index (χ3n) is 5.56. The zero-order valence-corrected chi connectivity index (χ0v) is 17.4. The van der Waals surface area contributed by atoms with Crippen LogP contribution in [-0.2, 0) is 0 Å². The maximum Gasteiger partial charge on any atom is 0.335 e. The number of Topliss-reactive ketones (excluding diaryl/α,β-unsaturated/α-hetero) is 1. The van der Waals surface area contributed by atoms with E-state index in [-0.39, 0.29) is 23.7 Å². The monoisotopic (exact) mass is 419 g/mol. The smallest absolute Gasteiger partial charge is 0.335 e. The lowest BCUT2D eigenvalue weighted by atomic mass is 10.1. The van der Waals surface area contributed by atoms with Gasteiger partial charge in [0.05, 0.1) is 29.7 Å². The van der Waals surface area contributed by atoms with Gasteiger partial charge in [0.2, 0.25) is 5.78 Å². The third kappa shape index (κ3) is 4.55. The molecule has 0 bridgehead atoms. The van der Waals surface area contributed by atoms with Crippen LogP contribution in [0.15, 0.2) is 65.3 Å². The van der Waals surface area contributed by atoms with Crippen molar-refractivity contribution in [1.29, 1.82) is 0 Å². The number of carbonyl (C=O) groups excluding carboxylic acids is 1. The number of aryl methyl sites for hydroxylation is 1. The zero-order chi connectivity index (χ0) is 21.8. The molecular formula is C24H25N3O4. The van der Waals surface area contributed by atoms with Crippen LogP contribution >= 0.6 is 0 Å². The standard InChI is InChI=1S/C24H25N3O4/c1-17-5-2-3-6-20(17)26-10-12-27(13-11-26)21-9-8-18(24(29)30)15-19(21)25-16-22(28)23-7-4-14-31-23/h2-9,14-15,25H,10-13,16H2,1H3,(H,29,30). The van der Waals surface area contributed by atoms with Crippen LogP contribution in [0, 0.1) is 6.92 Å². The number of hydrogen-bond acceptors (Lipinski definition) is 6. The molecule has 1 fully saturated rings. The van der Waals surface area contributed by atoms with Gasteiger partial charge < -0.3 is 24.6 Å². The second-order valence-electron chi connectivity index (χ2n) is 7.55.